The third-order valence-electron chi connectivity index (χ3n) is 4.18. The van der Waals surface area contributed by atoms with Gasteiger partial charge in [-0.05, 0) is 38.3 Å². The molecule has 1 aromatic rings. The Kier molecular flexibility index (Phi) is 4.62. The van der Waals surface area contributed by atoms with Crippen LogP contribution in [0.3, 0.4) is 0 Å². The fourth-order valence-corrected chi connectivity index (χ4v) is 3.36. The van der Waals surface area contributed by atoms with Crippen molar-refractivity contribution in [1.29, 1.82) is 0 Å². The van der Waals surface area contributed by atoms with E-state index in [0.29, 0.717) is 5.41 Å². The summed E-state index contributed by atoms with van der Waals surface area (Å²) in [5, 5.41) is 4.33. The lowest BCUT2D eigenvalue weighted by Crippen LogP contribution is -2.37. The van der Waals surface area contributed by atoms with E-state index in [-0.39, 0.29) is 0 Å². The molecule has 102 valence electrons. The Bertz CT molecular complexity index is 367. The molecule has 0 unspecified atom stereocenters. The fraction of sp³-hybridized carbons (Fsp3) is 0.786. The molecule has 0 aromatic carbocycles. The number of anilines is 1. The molecule has 1 aliphatic rings. The number of hydrogen-bond donors (Lipinski definition) is 1. The van der Waals surface area contributed by atoms with E-state index in [2.05, 4.69) is 36.0 Å². The van der Waals surface area contributed by atoms with E-state index in [1.165, 1.54) is 37.2 Å². The molecule has 1 N–H and O–H groups in total. The zero-order chi connectivity index (χ0) is 13.0. The van der Waals surface area contributed by atoms with Gasteiger partial charge in [0, 0.05) is 24.2 Å². The number of rotatable bonds is 5. The molecule has 3 nitrogen and oxygen atoms in total. The Morgan fingerprint density at radius 3 is 2.72 bits per heavy atom. The lowest BCUT2D eigenvalue weighted by molar-refractivity contribution is 0.110. The minimum atomic E-state index is 0.582. The predicted octanol–water partition coefficient (Wildman–Crippen LogP) is 3.59. The molecule has 4 heteroatoms. The summed E-state index contributed by atoms with van der Waals surface area (Å²) in [6, 6.07) is 0. The van der Waals surface area contributed by atoms with Gasteiger partial charge < -0.3 is 5.32 Å². The van der Waals surface area contributed by atoms with Crippen molar-refractivity contribution in [1.82, 2.24) is 9.88 Å². The predicted molar refractivity (Wildman–Crippen MR) is 79.2 cm³/mol. The molecule has 2 heterocycles. The van der Waals surface area contributed by atoms with Crippen LogP contribution >= 0.6 is 11.3 Å². The lowest BCUT2D eigenvalue weighted by Gasteiger charge is -2.38. The molecule has 0 saturated carbocycles. The summed E-state index contributed by atoms with van der Waals surface area (Å²) in [6.07, 6.45) is 6.01. The highest BCUT2D eigenvalue weighted by Gasteiger charge is 2.28. The monoisotopic (exact) mass is 267 g/mol. The first-order valence-electron chi connectivity index (χ1n) is 7.06. The second kappa shape index (κ2) is 6.02. The van der Waals surface area contributed by atoms with E-state index in [0.717, 1.165) is 18.2 Å². The second-order valence-electron chi connectivity index (χ2n) is 5.60. The molecule has 18 heavy (non-hydrogen) atoms. The maximum absolute atomic E-state index is 4.40. The van der Waals surface area contributed by atoms with E-state index in [1.54, 1.807) is 11.3 Å². The first-order valence-corrected chi connectivity index (χ1v) is 7.88. The summed E-state index contributed by atoms with van der Waals surface area (Å²) in [4.78, 5) is 8.35. The van der Waals surface area contributed by atoms with E-state index in [1.807, 2.05) is 6.20 Å². The Hall–Kier alpha value is -0.610. The lowest BCUT2D eigenvalue weighted by atomic mass is 9.78. The molecule has 2 rings (SSSR count). The number of thiazole rings is 1. The Morgan fingerprint density at radius 2 is 2.11 bits per heavy atom. The molecule has 0 bridgehead atoms. The van der Waals surface area contributed by atoms with Crippen molar-refractivity contribution in [2.45, 2.75) is 46.6 Å². The normalized spacial score (nSPS) is 19.9. The van der Waals surface area contributed by atoms with E-state index < -0.39 is 0 Å². The van der Waals surface area contributed by atoms with Gasteiger partial charge in [0.2, 0.25) is 0 Å². The summed E-state index contributed by atoms with van der Waals surface area (Å²) in [7, 11) is 0. The van der Waals surface area contributed by atoms with Gasteiger partial charge >= 0.3 is 0 Å². The molecule has 0 atom stereocenters. The summed E-state index contributed by atoms with van der Waals surface area (Å²) < 4.78 is 0. The van der Waals surface area contributed by atoms with Crippen LogP contribution in [0, 0.1) is 5.41 Å². The van der Waals surface area contributed by atoms with Crippen molar-refractivity contribution < 1.29 is 0 Å². The SMILES string of the molecule is CCNc1ncc(CN2CCC(C)(CC)CC2)s1. The molecular weight excluding hydrogens is 242 g/mol. The second-order valence-corrected chi connectivity index (χ2v) is 6.72. The molecule has 1 fully saturated rings. The van der Waals surface area contributed by atoms with Crippen LogP contribution < -0.4 is 5.32 Å². The van der Waals surface area contributed by atoms with Gasteiger partial charge in [0.05, 0.1) is 0 Å². The van der Waals surface area contributed by atoms with Gasteiger partial charge in [-0.1, -0.05) is 20.3 Å². The highest BCUT2D eigenvalue weighted by molar-refractivity contribution is 7.15. The van der Waals surface area contributed by atoms with Crippen molar-refractivity contribution in [2.24, 2.45) is 5.41 Å². The molecule has 0 radical (unpaired) electrons. The Morgan fingerprint density at radius 1 is 1.39 bits per heavy atom. The zero-order valence-electron chi connectivity index (χ0n) is 11.8. The summed E-state index contributed by atoms with van der Waals surface area (Å²) in [5.74, 6) is 0. The molecule has 1 aliphatic heterocycles. The van der Waals surface area contributed by atoms with Crippen molar-refractivity contribution in [3.05, 3.63) is 11.1 Å². The topological polar surface area (TPSA) is 28.2 Å². The standard InChI is InChI=1S/C14H25N3S/c1-4-14(3)6-8-17(9-7-14)11-12-10-16-13(18-12)15-5-2/h10H,4-9,11H2,1-3H3,(H,15,16). The molecule has 0 spiro atoms. The number of nitrogens with one attached hydrogen (secondary N) is 1. The Labute approximate surface area is 115 Å². The fourth-order valence-electron chi connectivity index (χ4n) is 2.44. The molecular formula is C14H25N3S. The number of likely N-dealkylation sites (tertiary alicyclic amines) is 1. The quantitative estimate of drug-likeness (QED) is 0.883. The molecule has 0 amide bonds. The van der Waals surface area contributed by atoms with E-state index in [4.69, 9.17) is 0 Å². The van der Waals surface area contributed by atoms with Gasteiger partial charge in [0.15, 0.2) is 5.13 Å². The van der Waals surface area contributed by atoms with Crippen LogP contribution in [-0.2, 0) is 6.54 Å². The zero-order valence-corrected chi connectivity index (χ0v) is 12.6. The van der Waals surface area contributed by atoms with Gasteiger partial charge in [-0.2, -0.15) is 0 Å². The highest BCUT2D eigenvalue weighted by atomic mass is 32.1. The van der Waals surface area contributed by atoms with Crippen molar-refractivity contribution >= 4 is 16.5 Å². The van der Waals surface area contributed by atoms with Crippen LogP contribution in [0.1, 0.15) is 44.9 Å². The van der Waals surface area contributed by atoms with Crippen LogP contribution in [0.25, 0.3) is 0 Å². The van der Waals surface area contributed by atoms with E-state index >= 15 is 0 Å². The van der Waals surface area contributed by atoms with Crippen molar-refractivity contribution in [2.75, 3.05) is 25.0 Å². The Balaban J connectivity index is 1.83. The third-order valence-corrected chi connectivity index (χ3v) is 5.12. The van der Waals surface area contributed by atoms with Crippen LogP contribution in [0.5, 0.6) is 0 Å². The van der Waals surface area contributed by atoms with E-state index in [9.17, 15) is 0 Å². The number of aromatic nitrogens is 1. The van der Waals surface area contributed by atoms with Crippen molar-refractivity contribution in [3.8, 4) is 0 Å². The van der Waals surface area contributed by atoms with Gasteiger partial charge in [-0.3, -0.25) is 4.90 Å². The first kappa shape index (κ1) is 13.8. The van der Waals surface area contributed by atoms with Crippen LogP contribution in [0.2, 0.25) is 0 Å². The summed E-state index contributed by atoms with van der Waals surface area (Å²) in [6.45, 7) is 11.4. The maximum atomic E-state index is 4.40. The summed E-state index contributed by atoms with van der Waals surface area (Å²) in [5.41, 5.74) is 0.582. The largest absolute Gasteiger partial charge is 0.362 e. The van der Waals surface area contributed by atoms with Crippen LogP contribution in [0.4, 0.5) is 5.13 Å². The van der Waals surface area contributed by atoms with Gasteiger partial charge in [-0.25, -0.2) is 4.98 Å². The summed E-state index contributed by atoms with van der Waals surface area (Å²) >= 11 is 1.79. The highest BCUT2D eigenvalue weighted by Crippen LogP contribution is 2.34. The van der Waals surface area contributed by atoms with Crippen molar-refractivity contribution in [3.63, 3.8) is 0 Å². The third kappa shape index (κ3) is 3.45. The van der Waals surface area contributed by atoms with Gasteiger partial charge in [-0.15, -0.1) is 11.3 Å². The van der Waals surface area contributed by atoms with Gasteiger partial charge in [0.25, 0.3) is 0 Å². The minimum Gasteiger partial charge on any atom is -0.362 e. The average Bonchev–Trinajstić information content (AvgIpc) is 2.81. The smallest absolute Gasteiger partial charge is 0.182 e. The average molecular weight is 267 g/mol. The number of piperidine rings is 1. The van der Waals surface area contributed by atoms with Gasteiger partial charge in [0.1, 0.15) is 0 Å². The molecule has 1 aromatic heterocycles. The first-order chi connectivity index (χ1) is 8.65. The van der Waals surface area contributed by atoms with Crippen LogP contribution in [0.15, 0.2) is 6.20 Å². The minimum absolute atomic E-state index is 0.582. The number of hydrogen-bond acceptors (Lipinski definition) is 4. The molecule has 1 saturated heterocycles. The number of nitrogens with zero attached hydrogens (tertiary/aromatic N) is 2. The van der Waals surface area contributed by atoms with Crippen LogP contribution in [-0.4, -0.2) is 29.5 Å². The maximum Gasteiger partial charge on any atom is 0.182 e. The molecule has 0 aliphatic carbocycles.